The molecule has 0 amide bonds. The molecule has 3 aromatic rings. The normalized spacial score (nSPS) is 11.7. The van der Waals surface area contributed by atoms with Gasteiger partial charge in [-0.15, -0.1) is 0 Å². The van der Waals surface area contributed by atoms with Gasteiger partial charge in [0.05, 0.1) is 30.9 Å². The summed E-state index contributed by atoms with van der Waals surface area (Å²) in [6.45, 7) is 5.89. The van der Waals surface area contributed by atoms with Gasteiger partial charge in [-0.1, -0.05) is 36.7 Å². The van der Waals surface area contributed by atoms with Crippen molar-refractivity contribution in [3.63, 3.8) is 0 Å². The van der Waals surface area contributed by atoms with Crippen molar-refractivity contribution in [2.45, 2.75) is 39.5 Å². The number of hydrogen-bond acceptors (Lipinski definition) is 5. The van der Waals surface area contributed by atoms with Crippen LogP contribution in [-0.4, -0.2) is 31.1 Å². The first-order valence-corrected chi connectivity index (χ1v) is 11.5. The van der Waals surface area contributed by atoms with E-state index in [1.54, 1.807) is 25.3 Å². The molecular formula is C27H29ClFNO4. The fraction of sp³-hybridized carbons (Fsp3) is 0.333. The van der Waals surface area contributed by atoms with E-state index < -0.39 is 0 Å². The molecule has 1 aromatic heterocycles. The predicted molar refractivity (Wildman–Crippen MR) is 131 cm³/mol. The maximum absolute atomic E-state index is 13.2. The lowest BCUT2D eigenvalue weighted by Crippen LogP contribution is -2.12. The number of pyridine rings is 1. The molecule has 3 rings (SSSR count). The average Bonchev–Trinajstić information content (AvgIpc) is 2.82. The fourth-order valence-electron chi connectivity index (χ4n) is 3.74. The van der Waals surface area contributed by atoms with Gasteiger partial charge in [0.1, 0.15) is 5.82 Å². The van der Waals surface area contributed by atoms with Crippen molar-refractivity contribution in [3.8, 4) is 17.2 Å². The highest BCUT2D eigenvalue weighted by Crippen LogP contribution is 2.48. The monoisotopic (exact) mass is 485 g/mol. The molecule has 0 fully saturated rings. The Morgan fingerprint density at radius 1 is 1.06 bits per heavy atom. The molecule has 0 N–H and O–H groups in total. The van der Waals surface area contributed by atoms with Crippen molar-refractivity contribution >= 4 is 17.4 Å². The van der Waals surface area contributed by atoms with Gasteiger partial charge < -0.3 is 14.2 Å². The Kier molecular flexibility index (Phi) is 8.88. The van der Waals surface area contributed by atoms with Crippen molar-refractivity contribution in [2.75, 3.05) is 20.3 Å². The van der Waals surface area contributed by atoms with Crippen LogP contribution >= 0.6 is 11.6 Å². The third-order valence-electron chi connectivity index (χ3n) is 5.67. The Morgan fingerprint density at radius 2 is 1.76 bits per heavy atom. The van der Waals surface area contributed by atoms with Gasteiger partial charge >= 0.3 is 0 Å². The van der Waals surface area contributed by atoms with E-state index >= 15 is 0 Å². The molecule has 0 aliphatic rings. The molecule has 34 heavy (non-hydrogen) atoms. The van der Waals surface area contributed by atoms with Gasteiger partial charge in [-0.3, -0.25) is 9.78 Å². The molecule has 180 valence electrons. The zero-order chi connectivity index (χ0) is 24.7. The van der Waals surface area contributed by atoms with Crippen LogP contribution in [0.4, 0.5) is 4.39 Å². The summed E-state index contributed by atoms with van der Waals surface area (Å²) in [5.74, 6) is 0.627. The highest BCUT2D eigenvalue weighted by molar-refractivity contribution is 6.34. The van der Waals surface area contributed by atoms with Crippen LogP contribution in [0.5, 0.6) is 17.2 Å². The van der Waals surface area contributed by atoms with Crippen molar-refractivity contribution in [1.82, 2.24) is 4.98 Å². The minimum absolute atomic E-state index is 0.133. The van der Waals surface area contributed by atoms with E-state index in [9.17, 15) is 9.18 Å². The van der Waals surface area contributed by atoms with Gasteiger partial charge in [-0.2, -0.15) is 0 Å². The molecular weight excluding hydrogens is 457 g/mol. The van der Waals surface area contributed by atoms with Gasteiger partial charge in [-0.05, 0) is 61.6 Å². The third kappa shape index (κ3) is 6.06. The number of rotatable bonds is 11. The molecule has 5 nitrogen and oxygen atoms in total. The molecule has 0 saturated carbocycles. The number of methoxy groups -OCH3 is 1. The molecule has 0 aliphatic heterocycles. The van der Waals surface area contributed by atoms with Crippen LogP contribution in [0.15, 0.2) is 48.7 Å². The first kappa shape index (κ1) is 25.5. The number of nitrogens with zero attached hydrogens (tertiary/aromatic N) is 1. The maximum atomic E-state index is 13.2. The van der Waals surface area contributed by atoms with Gasteiger partial charge in [0.25, 0.3) is 0 Å². The zero-order valence-corrected chi connectivity index (χ0v) is 20.6. The second-order valence-electron chi connectivity index (χ2n) is 8.07. The van der Waals surface area contributed by atoms with E-state index in [1.165, 1.54) is 26.2 Å². The number of Topliss-reactive ketones (excluding diaryl/α,β-unsaturated/α-hetero) is 1. The van der Waals surface area contributed by atoms with E-state index in [4.69, 9.17) is 25.8 Å². The molecule has 0 spiro atoms. The molecule has 7 heteroatoms. The molecule has 0 saturated heterocycles. The molecule has 0 bridgehead atoms. The van der Waals surface area contributed by atoms with Crippen LogP contribution in [0.2, 0.25) is 5.02 Å². The van der Waals surface area contributed by atoms with Gasteiger partial charge in [-0.25, -0.2) is 4.39 Å². The van der Waals surface area contributed by atoms with Crippen LogP contribution in [0.1, 0.15) is 53.4 Å². The Labute approximate surface area is 204 Å². The van der Waals surface area contributed by atoms with Crippen LogP contribution < -0.4 is 14.2 Å². The van der Waals surface area contributed by atoms with Crippen LogP contribution in [0.3, 0.4) is 0 Å². The van der Waals surface area contributed by atoms with Crippen LogP contribution in [0.25, 0.3) is 0 Å². The van der Waals surface area contributed by atoms with Crippen molar-refractivity contribution in [3.05, 3.63) is 81.9 Å². The number of carbonyl (C=O) groups excluding carboxylic acids is 1. The molecule has 0 radical (unpaired) electrons. The molecule has 1 heterocycles. The summed E-state index contributed by atoms with van der Waals surface area (Å²) < 4.78 is 31.0. The second kappa shape index (κ2) is 11.8. The zero-order valence-electron chi connectivity index (χ0n) is 19.9. The summed E-state index contributed by atoms with van der Waals surface area (Å²) in [6.07, 6.45) is 2.94. The molecule has 1 atom stereocenters. The van der Waals surface area contributed by atoms with Crippen LogP contribution in [0, 0.1) is 12.7 Å². The number of halogens is 2. The number of ether oxygens (including phenoxy) is 3. The number of carbonyl (C=O) groups is 1. The summed E-state index contributed by atoms with van der Waals surface area (Å²) >= 11 is 6.54. The van der Waals surface area contributed by atoms with Crippen molar-refractivity contribution in [2.24, 2.45) is 0 Å². The average molecular weight is 486 g/mol. The quantitative estimate of drug-likeness (QED) is 0.287. The Bertz CT molecular complexity index is 1120. The topological polar surface area (TPSA) is 57.7 Å². The smallest absolute Gasteiger partial charge is 0.205 e. The summed E-state index contributed by atoms with van der Waals surface area (Å²) in [7, 11) is 1.50. The van der Waals surface area contributed by atoms with E-state index in [0.29, 0.717) is 59.5 Å². The maximum Gasteiger partial charge on any atom is 0.205 e. The third-order valence-corrected chi connectivity index (χ3v) is 6.12. The predicted octanol–water partition coefficient (Wildman–Crippen LogP) is 6.59. The Hall–Kier alpha value is -3.12. The standard InChI is InChI=1S/C27H29ClFNO4/c1-17(20-8-10-21(29)11-9-20)12-15-34-27-25(33-16-13-22-7-5-6-14-30-22)23(19(3)31)18(2)24(28)26(27)32-4/h5-11,14,17H,12-13,15-16H2,1-4H3. The second-order valence-corrected chi connectivity index (χ2v) is 8.45. The Morgan fingerprint density at radius 3 is 2.38 bits per heavy atom. The molecule has 2 aromatic carbocycles. The highest BCUT2D eigenvalue weighted by atomic mass is 35.5. The van der Waals surface area contributed by atoms with Gasteiger partial charge in [0, 0.05) is 18.3 Å². The fourth-order valence-corrected chi connectivity index (χ4v) is 4.00. The number of ketones is 1. The SMILES string of the molecule is COc1c(Cl)c(C)c(C(C)=O)c(OCCc2ccccn2)c1OCCC(C)c1ccc(F)cc1. The van der Waals surface area contributed by atoms with Crippen LogP contribution in [-0.2, 0) is 6.42 Å². The lowest BCUT2D eigenvalue weighted by molar-refractivity contribution is 0.101. The molecule has 1 unspecified atom stereocenters. The number of hydrogen-bond donors (Lipinski definition) is 0. The summed E-state index contributed by atoms with van der Waals surface area (Å²) in [5, 5.41) is 0.311. The number of benzene rings is 2. The lowest BCUT2D eigenvalue weighted by Gasteiger charge is -2.22. The summed E-state index contributed by atoms with van der Waals surface area (Å²) in [4.78, 5) is 16.9. The summed E-state index contributed by atoms with van der Waals surface area (Å²) in [5.41, 5.74) is 2.83. The molecule has 0 aliphatic carbocycles. The van der Waals surface area contributed by atoms with Crippen molar-refractivity contribution < 1.29 is 23.4 Å². The van der Waals surface area contributed by atoms with Crippen molar-refractivity contribution in [1.29, 1.82) is 0 Å². The van der Waals surface area contributed by atoms with E-state index in [-0.39, 0.29) is 17.5 Å². The number of aromatic nitrogens is 1. The first-order valence-electron chi connectivity index (χ1n) is 11.1. The highest BCUT2D eigenvalue weighted by Gasteiger charge is 2.27. The lowest BCUT2D eigenvalue weighted by atomic mass is 9.98. The first-order chi connectivity index (χ1) is 16.3. The van der Waals surface area contributed by atoms with Gasteiger partial charge in [0.2, 0.25) is 5.75 Å². The largest absolute Gasteiger partial charge is 0.491 e. The summed E-state index contributed by atoms with van der Waals surface area (Å²) in [6, 6.07) is 12.1. The minimum Gasteiger partial charge on any atom is -0.491 e. The van der Waals surface area contributed by atoms with E-state index in [0.717, 1.165) is 11.3 Å². The Balaban J connectivity index is 1.85. The van der Waals surface area contributed by atoms with Gasteiger partial charge in [0.15, 0.2) is 17.3 Å². The van der Waals surface area contributed by atoms with E-state index in [2.05, 4.69) is 4.98 Å². The van der Waals surface area contributed by atoms with E-state index in [1.807, 2.05) is 25.1 Å². The minimum atomic E-state index is -0.268.